The highest BCUT2D eigenvalue weighted by Crippen LogP contribution is 2.29. The molecule has 0 N–H and O–H groups in total. The van der Waals surface area contributed by atoms with Gasteiger partial charge in [-0.25, -0.2) is 4.79 Å². The molecule has 0 aliphatic carbocycles. The first-order valence-electron chi connectivity index (χ1n) is 9.31. The van der Waals surface area contributed by atoms with Crippen molar-refractivity contribution in [1.82, 2.24) is 0 Å². The summed E-state index contributed by atoms with van der Waals surface area (Å²) in [6.45, 7) is 2.87. The lowest BCUT2D eigenvalue weighted by molar-refractivity contribution is 0.0737. The predicted molar refractivity (Wildman–Crippen MR) is 113 cm³/mol. The minimum atomic E-state index is -0.387. The molecule has 4 heteroatoms. The Labute approximate surface area is 168 Å². The third-order valence-electron chi connectivity index (χ3n) is 4.38. The zero-order chi connectivity index (χ0) is 19.1. The zero-order valence-corrected chi connectivity index (χ0v) is 17.0. The van der Waals surface area contributed by atoms with Gasteiger partial charge in [0.1, 0.15) is 11.5 Å². The van der Waals surface area contributed by atoms with Crippen LogP contribution in [0.1, 0.15) is 43.0 Å². The summed E-state index contributed by atoms with van der Waals surface area (Å²) in [5.74, 6) is 0.917. The highest BCUT2D eigenvalue weighted by Gasteiger charge is 2.13. The molecule has 0 unspecified atom stereocenters. The van der Waals surface area contributed by atoms with Gasteiger partial charge in [-0.15, -0.1) is 0 Å². The predicted octanol–water partition coefficient (Wildman–Crippen LogP) is 6.78. The highest BCUT2D eigenvalue weighted by atomic mass is 79.9. The Bertz CT molecular complexity index is 915. The van der Waals surface area contributed by atoms with Gasteiger partial charge in [0.05, 0.1) is 16.6 Å². The molecule has 3 aromatic carbocycles. The van der Waals surface area contributed by atoms with Gasteiger partial charge in [0.2, 0.25) is 0 Å². The van der Waals surface area contributed by atoms with E-state index in [1.807, 2.05) is 48.5 Å². The maximum Gasteiger partial charge on any atom is 0.343 e. The summed E-state index contributed by atoms with van der Waals surface area (Å²) in [6.07, 6.45) is 4.63. The second-order valence-corrected chi connectivity index (χ2v) is 7.28. The van der Waals surface area contributed by atoms with Crippen LogP contribution >= 0.6 is 15.9 Å². The first-order valence-corrected chi connectivity index (χ1v) is 10.1. The lowest BCUT2D eigenvalue weighted by atomic mass is 10.1. The van der Waals surface area contributed by atoms with Crippen molar-refractivity contribution in [3.63, 3.8) is 0 Å². The van der Waals surface area contributed by atoms with Crippen LogP contribution in [0.25, 0.3) is 10.8 Å². The van der Waals surface area contributed by atoms with E-state index in [0.717, 1.165) is 27.4 Å². The number of hydrogen-bond acceptors (Lipinski definition) is 3. The fourth-order valence-corrected chi connectivity index (χ4v) is 3.39. The molecule has 3 nitrogen and oxygen atoms in total. The highest BCUT2D eigenvalue weighted by molar-refractivity contribution is 9.10. The molecule has 0 spiro atoms. The van der Waals surface area contributed by atoms with Crippen LogP contribution in [0.4, 0.5) is 0 Å². The van der Waals surface area contributed by atoms with Crippen molar-refractivity contribution < 1.29 is 14.3 Å². The Hall–Kier alpha value is -2.33. The standard InChI is InChI=1S/C23H23BrO3/c1-2-3-4-7-15-26-22-14-13-18(16-20(22)24)23(25)27-21-12-8-10-17-9-5-6-11-19(17)21/h5-6,8-14,16H,2-4,7,15H2,1H3. The van der Waals surface area contributed by atoms with Crippen LogP contribution in [0.2, 0.25) is 0 Å². The molecule has 0 saturated heterocycles. The number of carbonyl (C=O) groups excluding carboxylic acids is 1. The Morgan fingerprint density at radius 1 is 0.926 bits per heavy atom. The second-order valence-electron chi connectivity index (χ2n) is 6.42. The summed E-state index contributed by atoms with van der Waals surface area (Å²) in [5, 5.41) is 1.95. The van der Waals surface area contributed by atoms with Crippen LogP contribution in [0.5, 0.6) is 11.5 Å². The number of esters is 1. The number of hydrogen-bond donors (Lipinski definition) is 0. The van der Waals surface area contributed by atoms with E-state index in [9.17, 15) is 4.79 Å². The second kappa shape index (κ2) is 9.56. The molecule has 27 heavy (non-hydrogen) atoms. The van der Waals surface area contributed by atoms with E-state index in [0.29, 0.717) is 17.9 Å². The molecule has 0 aliphatic heterocycles. The SMILES string of the molecule is CCCCCCOc1ccc(C(=O)Oc2cccc3ccccc23)cc1Br. The molecule has 140 valence electrons. The van der Waals surface area contributed by atoms with Gasteiger partial charge in [-0.3, -0.25) is 0 Å². The lowest BCUT2D eigenvalue weighted by Gasteiger charge is -2.11. The third-order valence-corrected chi connectivity index (χ3v) is 5.00. The van der Waals surface area contributed by atoms with Crippen LogP contribution in [-0.2, 0) is 0 Å². The zero-order valence-electron chi connectivity index (χ0n) is 15.4. The Balaban J connectivity index is 1.67. The van der Waals surface area contributed by atoms with Gasteiger partial charge in [0.15, 0.2) is 0 Å². The van der Waals surface area contributed by atoms with Crippen molar-refractivity contribution >= 4 is 32.7 Å². The molecule has 0 aliphatic rings. The molecular weight excluding hydrogens is 404 g/mol. The number of ether oxygens (including phenoxy) is 2. The third kappa shape index (κ3) is 5.10. The van der Waals surface area contributed by atoms with Gasteiger partial charge in [0.25, 0.3) is 0 Å². The van der Waals surface area contributed by atoms with Crippen molar-refractivity contribution in [3.05, 3.63) is 70.7 Å². The Kier molecular flexibility index (Phi) is 6.88. The summed E-state index contributed by atoms with van der Waals surface area (Å²) >= 11 is 3.49. The summed E-state index contributed by atoms with van der Waals surface area (Å²) in [5.41, 5.74) is 0.480. The van der Waals surface area contributed by atoms with Gasteiger partial charge < -0.3 is 9.47 Å². The molecule has 3 rings (SSSR count). The van der Waals surface area contributed by atoms with Crippen LogP contribution in [0, 0.1) is 0 Å². The van der Waals surface area contributed by atoms with Crippen LogP contribution in [-0.4, -0.2) is 12.6 Å². The van der Waals surface area contributed by atoms with Crippen molar-refractivity contribution in [2.45, 2.75) is 32.6 Å². The number of carbonyl (C=O) groups is 1. The fourth-order valence-electron chi connectivity index (χ4n) is 2.90. The number of rotatable bonds is 8. The van der Waals surface area contributed by atoms with Crippen molar-refractivity contribution in [2.75, 3.05) is 6.61 Å². The quantitative estimate of drug-likeness (QED) is 0.226. The van der Waals surface area contributed by atoms with E-state index in [4.69, 9.17) is 9.47 Å². The summed E-state index contributed by atoms with van der Waals surface area (Å²) in [4.78, 5) is 12.6. The van der Waals surface area contributed by atoms with Crippen LogP contribution in [0.15, 0.2) is 65.1 Å². The average molecular weight is 427 g/mol. The van der Waals surface area contributed by atoms with Gasteiger partial charge >= 0.3 is 5.97 Å². The maximum absolute atomic E-state index is 12.6. The molecule has 0 heterocycles. The van der Waals surface area contributed by atoms with Crippen molar-refractivity contribution in [2.24, 2.45) is 0 Å². The first kappa shape index (κ1) is 19.4. The van der Waals surface area contributed by atoms with Crippen molar-refractivity contribution in [1.29, 1.82) is 0 Å². The monoisotopic (exact) mass is 426 g/mol. The van der Waals surface area contributed by atoms with E-state index >= 15 is 0 Å². The van der Waals surface area contributed by atoms with Crippen LogP contribution < -0.4 is 9.47 Å². The van der Waals surface area contributed by atoms with E-state index < -0.39 is 0 Å². The molecule has 0 fully saturated rings. The van der Waals surface area contributed by atoms with Crippen LogP contribution in [0.3, 0.4) is 0 Å². The minimum Gasteiger partial charge on any atom is -0.492 e. The molecule has 0 atom stereocenters. The summed E-state index contributed by atoms with van der Waals surface area (Å²) in [6, 6.07) is 18.8. The number of unbranched alkanes of at least 4 members (excludes halogenated alkanes) is 3. The normalized spacial score (nSPS) is 10.7. The van der Waals surface area contributed by atoms with E-state index in [1.54, 1.807) is 12.1 Å². The summed E-state index contributed by atoms with van der Waals surface area (Å²) in [7, 11) is 0. The van der Waals surface area contributed by atoms with Gasteiger partial charge in [-0.1, -0.05) is 62.6 Å². The number of fused-ring (bicyclic) bond motifs is 1. The van der Waals surface area contributed by atoms with Crippen molar-refractivity contribution in [3.8, 4) is 11.5 Å². The van der Waals surface area contributed by atoms with E-state index in [-0.39, 0.29) is 5.97 Å². The van der Waals surface area contributed by atoms with Gasteiger partial charge in [0, 0.05) is 5.39 Å². The number of halogens is 1. The van der Waals surface area contributed by atoms with E-state index in [2.05, 4.69) is 22.9 Å². The molecule has 3 aromatic rings. The molecule has 0 bridgehead atoms. The lowest BCUT2D eigenvalue weighted by Crippen LogP contribution is -2.09. The topological polar surface area (TPSA) is 35.5 Å². The fraction of sp³-hybridized carbons (Fsp3) is 0.261. The number of benzene rings is 3. The molecule has 0 amide bonds. The molecule has 0 aromatic heterocycles. The maximum atomic E-state index is 12.6. The van der Waals surface area contributed by atoms with Gasteiger partial charge in [-0.05, 0) is 52.0 Å². The van der Waals surface area contributed by atoms with Gasteiger partial charge in [-0.2, -0.15) is 0 Å². The Morgan fingerprint density at radius 3 is 2.56 bits per heavy atom. The minimum absolute atomic E-state index is 0.387. The van der Waals surface area contributed by atoms with E-state index in [1.165, 1.54) is 19.3 Å². The largest absolute Gasteiger partial charge is 0.492 e. The molecule has 0 radical (unpaired) electrons. The molecular formula is C23H23BrO3. The smallest absolute Gasteiger partial charge is 0.343 e. The summed E-state index contributed by atoms with van der Waals surface area (Å²) < 4.78 is 12.2. The Morgan fingerprint density at radius 2 is 1.74 bits per heavy atom. The average Bonchev–Trinajstić information content (AvgIpc) is 2.69. The molecule has 0 saturated carbocycles. The first-order chi connectivity index (χ1) is 13.2.